The van der Waals surface area contributed by atoms with Crippen molar-refractivity contribution in [1.29, 1.82) is 0 Å². The summed E-state index contributed by atoms with van der Waals surface area (Å²) in [5, 5.41) is 4.53. The second-order valence-corrected chi connectivity index (χ2v) is 8.69. The minimum Gasteiger partial charge on any atom is -0.335 e. The molecule has 0 N–H and O–H groups in total. The summed E-state index contributed by atoms with van der Waals surface area (Å²) in [4.78, 5) is 21.2. The van der Waals surface area contributed by atoms with Crippen LogP contribution in [0, 0.1) is 5.82 Å². The Balaban J connectivity index is 1.29. The predicted octanol–water partition coefficient (Wildman–Crippen LogP) is 4.29. The lowest BCUT2D eigenvalue weighted by Crippen LogP contribution is -2.48. The number of carbonyl (C=O) groups is 1. The molecule has 3 aromatic rings. The molecule has 0 unspecified atom stereocenters. The van der Waals surface area contributed by atoms with Crippen LogP contribution in [0.3, 0.4) is 0 Å². The lowest BCUT2D eigenvalue weighted by atomic mass is 10.2. The third-order valence-electron chi connectivity index (χ3n) is 5.98. The van der Waals surface area contributed by atoms with E-state index >= 15 is 0 Å². The van der Waals surface area contributed by atoms with Crippen LogP contribution in [0.15, 0.2) is 30.3 Å². The second-order valence-electron chi connectivity index (χ2n) is 8.28. The molecule has 1 aliphatic carbocycles. The summed E-state index contributed by atoms with van der Waals surface area (Å²) < 4.78 is 41.5. The molecule has 3 heterocycles. The first-order valence-electron chi connectivity index (χ1n) is 10.5. The largest absolute Gasteiger partial charge is 0.335 e. The van der Waals surface area contributed by atoms with Crippen molar-refractivity contribution in [3.8, 4) is 0 Å². The van der Waals surface area contributed by atoms with Gasteiger partial charge in [0, 0.05) is 55.4 Å². The average molecular weight is 464 g/mol. The fraction of sp³-hybridized carbons (Fsp3) is 0.409. The van der Waals surface area contributed by atoms with Gasteiger partial charge in [0.15, 0.2) is 11.3 Å². The minimum atomic E-state index is -2.71. The van der Waals surface area contributed by atoms with Crippen LogP contribution in [0.25, 0.3) is 5.65 Å². The number of hydrogen-bond acceptors (Lipinski definition) is 4. The van der Waals surface area contributed by atoms with Gasteiger partial charge in [0.1, 0.15) is 11.5 Å². The molecule has 32 heavy (non-hydrogen) atoms. The van der Waals surface area contributed by atoms with Gasteiger partial charge in [0.05, 0.1) is 0 Å². The van der Waals surface area contributed by atoms with Crippen molar-refractivity contribution in [2.45, 2.75) is 31.7 Å². The van der Waals surface area contributed by atoms with E-state index in [1.165, 1.54) is 24.3 Å². The zero-order valence-electron chi connectivity index (χ0n) is 17.1. The maximum absolute atomic E-state index is 13.6. The molecule has 0 bridgehead atoms. The molecule has 1 aromatic carbocycles. The fourth-order valence-corrected chi connectivity index (χ4v) is 4.26. The Labute approximate surface area is 187 Å². The van der Waals surface area contributed by atoms with E-state index in [9.17, 15) is 18.0 Å². The van der Waals surface area contributed by atoms with Gasteiger partial charge in [-0.3, -0.25) is 9.69 Å². The van der Waals surface area contributed by atoms with E-state index < -0.39 is 6.43 Å². The molecular weight excluding hydrogens is 443 g/mol. The Morgan fingerprint density at radius 1 is 1.12 bits per heavy atom. The summed E-state index contributed by atoms with van der Waals surface area (Å²) in [5.74, 6) is -0.465. The van der Waals surface area contributed by atoms with Gasteiger partial charge in [-0.1, -0.05) is 17.7 Å². The van der Waals surface area contributed by atoms with E-state index in [4.69, 9.17) is 11.6 Å². The molecule has 1 saturated heterocycles. The molecule has 1 aliphatic heterocycles. The average Bonchev–Trinajstić information content (AvgIpc) is 3.53. The number of amides is 1. The number of nitrogens with zero attached hydrogens (tertiary/aromatic N) is 5. The van der Waals surface area contributed by atoms with Crippen molar-refractivity contribution in [2.75, 3.05) is 26.2 Å². The SMILES string of the molecule is O=C(c1cc2nc(C3CC3)cc(C(F)F)n2n1)N1CCN(Cc2ccc(F)cc2Cl)CC1. The summed E-state index contributed by atoms with van der Waals surface area (Å²) >= 11 is 6.11. The van der Waals surface area contributed by atoms with Crippen LogP contribution in [0.2, 0.25) is 5.02 Å². The van der Waals surface area contributed by atoms with Crippen LogP contribution in [-0.4, -0.2) is 56.5 Å². The first-order chi connectivity index (χ1) is 15.4. The first kappa shape index (κ1) is 21.2. The Morgan fingerprint density at radius 2 is 1.88 bits per heavy atom. The van der Waals surface area contributed by atoms with Crippen LogP contribution in [-0.2, 0) is 6.54 Å². The highest BCUT2D eigenvalue weighted by Crippen LogP contribution is 2.40. The van der Waals surface area contributed by atoms with Gasteiger partial charge >= 0.3 is 0 Å². The Bertz CT molecular complexity index is 1170. The number of carbonyl (C=O) groups excluding carboxylic acids is 1. The third-order valence-corrected chi connectivity index (χ3v) is 6.33. The van der Waals surface area contributed by atoms with Crippen molar-refractivity contribution in [3.05, 3.63) is 63.8 Å². The zero-order chi connectivity index (χ0) is 22.4. The number of benzene rings is 1. The summed E-state index contributed by atoms with van der Waals surface area (Å²) in [6.45, 7) is 2.71. The van der Waals surface area contributed by atoms with Crippen molar-refractivity contribution < 1.29 is 18.0 Å². The Morgan fingerprint density at radius 3 is 2.53 bits per heavy atom. The highest BCUT2D eigenvalue weighted by atomic mass is 35.5. The number of hydrogen-bond donors (Lipinski definition) is 0. The maximum Gasteiger partial charge on any atom is 0.280 e. The van der Waals surface area contributed by atoms with Crippen LogP contribution in [0.5, 0.6) is 0 Å². The molecule has 0 radical (unpaired) electrons. The summed E-state index contributed by atoms with van der Waals surface area (Å²) in [6.07, 6.45) is -0.819. The molecule has 5 rings (SSSR count). The van der Waals surface area contributed by atoms with E-state index in [-0.39, 0.29) is 34.7 Å². The molecule has 168 valence electrons. The molecule has 2 aromatic heterocycles. The number of aromatic nitrogens is 3. The fourth-order valence-electron chi connectivity index (χ4n) is 4.03. The van der Waals surface area contributed by atoms with Crippen LogP contribution < -0.4 is 0 Å². The number of alkyl halides is 2. The normalized spacial score (nSPS) is 17.5. The second kappa shape index (κ2) is 8.37. The molecule has 0 atom stereocenters. The maximum atomic E-state index is 13.6. The number of rotatable bonds is 5. The lowest BCUT2D eigenvalue weighted by Gasteiger charge is -2.34. The molecule has 0 spiro atoms. The highest BCUT2D eigenvalue weighted by Gasteiger charge is 2.29. The number of fused-ring (bicyclic) bond motifs is 1. The number of piperazine rings is 1. The van der Waals surface area contributed by atoms with E-state index in [0.717, 1.165) is 22.9 Å². The molecule has 1 saturated carbocycles. The molecular formula is C22H21ClF3N5O. The number of halogens is 4. The quantitative estimate of drug-likeness (QED) is 0.566. The lowest BCUT2D eigenvalue weighted by molar-refractivity contribution is 0.0621. The molecule has 1 amide bonds. The smallest absolute Gasteiger partial charge is 0.280 e. The van der Waals surface area contributed by atoms with Crippen molar-refractivity contribution in [2.24, 2.45) is 0 Å². The molecule has 10 heteroatoms. The van der Waals surface area contributed by atoms with Crippen molar-refractivity contribution >= 4 is 23.2 Å². The van der Waals surface area contributed by atoms with Gasteiger partial charge in [0.25, 0.3) is 12.3 Å². The van der Waals surface area contributed by atoms with Crippen molar-refractivity contribution in [1.82, 2.24) is 24.4 Å². The standard InChI is InChI=1S/C22H21ClF3N5O/c23-16-9-15(24)4-3-14(16)12-29-5-7-30(8-6-29)22(32)18-11-20-27-17(13-1-2-13)10-19(21(25)26)31(20)28-18/h3-4,9-11,13,21H,1-2,5-8,12H2. The van der Waals surface area contributed by atoms with E-state index in [1.54, 1.807) is 11.0 Å². The monoisotopic (exact) mass is 463 g/mol. The van der Waals surface area contributed by atoms with E-state index in [1.807, 2.05) is 0 Å². The molecule has 2 fully saturated rings. The van der Waals surface area contributed by atoms with E-state index in [0.29, 0.717) is 43.4 Å². The summed E-state index contributed by atoms with van der Waals surface area (Å²) in [5.41, 5.74) is 1.61. The van der Waals surface area contributed by atoms with E-state index in [2.05, 4.69) is 15.0 Å². The van der Waals surface area contributed by atoms with Crippen molar-refractivity contribution in [3.63, 3.8) is 0 Å². The molecule has 6 nitrogen and oxygen atoms in total. The third kappa shape index (κ3) is 4.19. The van der Waals surface area contributed by atoms with Gasteiger partial charge in [-0.05, 0) is 36.6 Å². The topological polar surface area (TPSA) is 53.7 Å². The zero-order valence-corrected chi connectivity index (χ0v) is 17.9. The highest BCUT2D eigenvalue weighted by molar-refractivity contribution is 6.31. The van der Waals surface area contributed by atoms with Gasteiger partial charge in [-0.2, -0.15) is 5.10 Å². The minimum absolute atomic E-state index is 0.113. The predicted molar refractivity (Wildman–Crippen MR) is 113 cm³/mol. The van der Waals surface area contributed by atoms with Gasteiger partial charge in [-0.15, -0.1) is 0 Å². The first-order valence-corrected chi connectivity index (χ1v) is 10.9. The Kier molecular flexibility index (Phi) is 5.54. The summed E-state index contributed by atoms with van der Waals surface area (Å²) in [7, 11) is 0. The van der Waals surface area contributed by atoms with Gasteiger partial charge < -0.3 is 4.90 Å². The molecule has 2 aliphatic rings. The van der Waals surface area contributed by atoms with Gasteiger partial charge in [-0.25, -0.2) is 22.7 Å². The Hall–Kier alpha value is -2.65. The van der Waals surface area contributed by atoms with Gasteiger partial charge in [0.2, 0.25) is 0 Å². The van der Waals surface area contributed by atoms with Crippen LogP contribution >= 0.6 is 11.6 Å². The van der Waals surface area contributed by atoms with Crippen LogP contribution in [0.1, 0.15) is 52.6 Å². The summed E-state index contributed by atoms with van der Waals surface area (Å²) in [6, 6.07) is 7.22. The van der Waals surface area contributed by atoms with Crippen LogP contribution in [0.4, 0.5) is 13.2 Å².